The Bertz CT molecular complexity index is 523. The summed E-state index contributed by atoms with van der Waals surface area (Å²) in [6, 6.07) is 5.56. The average Bonchev–Trinajstić information content (AvgIpc) is 2.57. The normalized spacial score (nSPS) is 10.9. The van der Waals surface area contributed by atoms with Crippen molar-refractivity contribution in [2.24, 2.45) is 0 Å². The van der Waals surface area contributed by atoms with Crippen LogP contribution in [-0.2, 0) is 4.79 Å². The van der Waals surface area contributed by atoms with Gasteiger partial charge in [-0.3, -0.25) is 14.9 Å². The van der Waals surface area contributed by atoms with Gasteiger partial charge in [-0.1, -0.05) is 44.8 Å². The molecule has 1 aromatic rings. The number of carbonyl (C=O) groups is 1. The maximum Gasteiger partial charge on any atom is 0.311 e. The molecule has 0 N–H and O–H groups in total. The molecule has 1 aromatic carbocycles. The molecule has 0 fully saturated rings. The van der Waals surface area contributed by atoms with E-state index >= 15 is 0 Å². The van der Waals surface area contributed by atoms with Crippen molar-refractivity contribution >= 4 is 11.7 Å². The molecule has 132 valence electrons. The highest BCUT2D eigenvalue weighted by atomic mass is 16.6. The Balaban J connectivity index is 2.05. The van der Waals surface area contributed by atoms with Crippen molar-refractivity contribution < 1.29 is 14.5 Å². The lowest BCUT2D eigenvalue weighted by atomic mass is 10.1. The number of nitrogens with zero attached hydrogens (tertiary/aromatic N) is 1. The Morgan fingerprint density at radius 3 is 2.29 bits per heavy atom. The summed E-state index contributed by atoms with van der Waals surface area (Å²) in [5.41, 5.74) is -0.0139. The van der Waals surface area contributed by atoms with Crippen LogP contribution in [0.3, 0.4) is 0 Å². The summed E-state index contributed by atoms with van der Waals surface area (Å²) in [6.45, 7) is 2.14. The van der Waals surface area contributed by atoms with E-state index in [0.29, 0.717) is 12.2 Å². The van der Waals surface area contributed by atoms with Crippen molar-refractivity contribution in [2.75, 3.05) is 0 Å². The Hall–Kier alpha value is -2.17. The number of non-ortho nitro benzene ring substituents is 1. The summed E-state index contributed by atoms with van der Waals surface area (Å²) >= 11 is 0. The molecule has 0 aliphatic rings. The zero-order valence-corrected chi connectivity index (χ0v) is 14.4. The van der Waals surface area contributed by atoms with E-state index in [4.69, 9.17) is 4.74 Å². The molecule has 0 aliphatic heterocycles. The number of allylic oxidation sites excluding steroid dienone is 2. The van der Waals surface area contributed by atoms with E-state index in [1.165, 1.54) is 43.5 Å². The van der Waals surface area contributed by atoms with Crippen LogP contribution in [0.4, 0.5) is 5.69 Å². The highest BCUT2D eigenvalue weighted by Crippen LogP contribution is 2.18. The van der Waals surface area contributed by atoms with Crippen LogP contribution in [0.1, 0.15) is 64.7 Å². The summed E-state index contributed by atoms with van der Waals surface area (Å²) in [5.74, 6) is 0.0688. The lowest BCUT2D eigenvalue weighted by molar-refractivity contribution is -0.384. The molecule has 0 saturated carbocycles. The molecule has 0 radical (unpaired) electrons. The van der Waals surface area contributed by atoms with Crippen LogP contribution in [0, 0.1) is 10.1 Å². The smallest absolute Gasteiger partial charge is 0.311 e. The van der Waals surface area contributed by atoms with E-state index in [9.17, 15) is 14.9 Å². The van der Waals surface area contributed by atoms with Crippen molar-refractivity contribution in [1.29, 1.82) is 0 Å². The van der Waals surface area contributed by atoms with Crippen molar-refractivity contribution in [3.05, 3.63) is 46.5 Å². The molecule has 24 heavy (non-hydrogen) atoms. The van der Waals surface area contributed by atoms with Crippen molar-refractivity contribution in [1.82, 2.24) is 0 Å². The van der Waals surface area contributed by atoms with E-state index in [-0.39, 0.29) is 11.7 Å². The van der Waals surface area contributed by atoms with Gasteiger partial charge in [-0.25, -0.2) is 0 Å². The fraction of sp³-hybridized carbons (Fsp3) is 0.526. The largest absolute Gasteiger partial charge is 0.427 e. The zero-order valence-electron chi connectivity index (χ0n) is 14.4. The van der Waals surface area contributed by atoms with Gasteiger partial charge >= 0.3 is 5.97 Å². The summed E-state index contributed by atoms with van der Waals surface area (Å²) in [5, 5.41) is 10.5. The molecule has 0 unspecified atom stereocenters. The number of esters is 1. The standard InChI is InChI=1S/C19H27NO4/c1-2-3-4-5-6-7-8-9-10-11-12-19(21)24-18-15-13-17(14-16-18)20(22)23/h3-4,13-16H,2,5-12H2,1H3/b4-3+. The lowest BCUT2D eigenvalue weighted by Crippen LogP contribution is -2.07. The van der Waals surface area contributed by atoms with Crippen LogP contribution < -0.4 is 4.74 Å². The minimum atomic E-state index is -0.480. The van der Waals surface area contributed by atoms with Gasteiger partial charge in [0.25, 0.3) is 5.69 Å². The first-order valence-electron chi connectivity index (χ1n) is 8.73. The molecule has 0 aromatic heterocycles. The summed E-state index contributed by atoms with van der Waals surface area (Å²) in [7, 11) is 0. The molecule has 0 saturated heterocycles. The predicted molar refractivity (Wildman–Crippen MR) is 95.1 cm³/mol. The highest BCUT2D eigenvalue weighted by molar-refractivity contribution is 5.72. The second kappa shape index (κ2) is 12.3. The second-order valence-electron chi connectivity index (χ2n) is 5.76. The number of carbonyl (C=O) groups excluding carboxylic acids is 1. The third-order valence-electron chi connectivity index (χ3n) is 3.68. The monoisotopic (exact) mass is 333 g/mol. The number of nitro benzene ring substituents is 1. The van der Waals surface area contributed by atoms with Crippen LogP contribution in [-0.4, -0.2) is 10.9 Å². The van der Waals surface area contributed by atoms with Crippen LogP contribution >= 0.6 is 0 Å². The molecule has 1 rings (SSSR count). The van der Waals surface area contributed by atoms with Gasteiger partial charge in [0.15, 0.2) is 0 Å². The molecular formula is C19H27NO4. The van der Waals surface area contributed by atoms with E-state index < -0.39 is 4.92 Å². The first-order chi connectivity index (χ1) is 11.6. The Labute approximate surface area is 143 Å². The molecule has 0 aliphatic carbocycles. The Kier molecular flexibility index (Phi) is 10.2. The lowest BCUT2D eigenvalue weighted by Gasteiger charge is -2.04. The summed E-state index contributed by atoms with van der Waals surface area (Å²) < 4.78 is 5.16. The number of nitro groups is 1. The molecule has 0 amide bonds. The number of hydrogen-bond donors (Lipinski definition) is 0. The average molecular weight is 333 g/mol. The fourth-order valence-corrected chi connectivity index (χ4v) is 2.34. The molecule has 0 bridgehead atoms. The number of unbranched alkanes of at least 4 members (excludes halogenated alkanes) is 6. The van der Waals surface area contributed by atoms with Gasteiger partial charge in [0.2, 0.25) is 0 Å². The third-order valence-corrected chi connectivity index (χ3v) is 3.68. The van der Waals surface area contributed by atoms with Crippen LogP contribution in [0.5, 0.6) is 5.75 Å². The maximum atomic E-state index is 11.7. The number of rotatable bonds is 12. The van der Waals surface area contributed by atoms with Gasteiger partial charge in [0, 0.05) is 18.6 Å². The molecule has 5 heteroatoms. The van der Waals surface area contributed by atoms with Gasteiger partial charge in [-0.2, -0.15) is 0 Å². The fourth-order valence-electron chi connectivity index (χ4n) is 2.34. The van der Waals surface area contributed by atoms with Crippen molar-refractivity contribution in [3.8, 4) is 5.75 Å². The Morgan fingerprint density at radius 1 is 1.04 bits per heavy atom. The number of hydrogen-bond acceptors (Lipinski definition) is 4. The quantitative estimate of drug-likeness (QED) is 0.125. The molecule has 0 heterocycles. The molecule has 0 atom stereocenters. The summed E-state index contributed by atoms with van der Waals surface area (Å²) in [6.07, 6.45) is 13.8. The molecule has 5 nitrogen and oxygen atoms in total. The number of ether oxygens (including phenoxy) is 1. The second-order valence-corrected chi connectivity index (χ2v) is 5.76. The zero-order chi connectivity index (χ0) is 17.6. The van der Waals surface area contributed by atoms with Crippen LogP contribution in [0.15, 0.2) is 36.4 Å². The minimum Gasteiger partial charge on any atom is -0.427 e. The molecular weight excluding hydrogens is 306 g/mol. The third kappa shape index (κ3) is 9.08. The number of benzene rings is 1. The van der Waals surface area contributed by atoms with Gasteiger partial charge in [-0.05, 0) is 37.8 Å². The summed E-state index contributed by atoms with van der Waals surface area (Å²) in [4.78, 5) is 21.8. The Morgan fingerprint density at radius 2 is 1.67 bits per heavy atom. The van der Waals surface area contributed by atoms with Gasteiger partial charge in [0.1, 0.15) is 5.75 Å². The van der Waals surface area contributed by atoms with E-state index in [1.54, 1.807) is 0 Å². The highest BCUT2D eigenvalue weighted by Gasteiger charge is 2.08. The van der Waals surface area contributed by atoms with Gasteiger partial charge in [-0.15, -0.1) is 0 Å². The van der Waals surface area contributed by atoms with Crippen LogP contribution in [0.25, 0.3) is 0 Å². The predicted octanol–water partition coefficient (Wildman–Crippen LogP) is 5.59. The van der Waals surface area contributed by atoms with E-state index in [2.05, 4.69) is 19.1 Å². The van der Waals surface area contributed by atoms with Crippen LogP contribution in [0.2, 0.25) is 0 Å². The van der Waals surface area contributed by atoms with Crippen molar-refractivity contribution in [3.63, 3.8) is 0 Å². The van der Waals surface area contributed by atoms with E-state index in [0.717, 1.165) is 32.1 Å². The minimum absolute atomic E-state index is 0.0139. The topological polar surface area (TPSA) is 69.4 Å². The van der Waals surface area contributed by atoms with Gasteiger partial charge < -0.3 is 4.74 Å². The van der Waals surface area contributed by atoms with Crippen molar-refractivity contribution in [2.45, 2.75) is 64.7 Å². The first-order valence-corrected chi connectivity index (χ1v) is 8.73. The van der Waals surface area contributed by atoms with Gasteiger partial charge in [0.05, 0.1) is 4.92 Å². The molecule has 0 spiro atoms. The SMILES string of the molecule is CC/C=C/CCCCCCCCC(=O)Oc1ccc([N+](=O)[O-])cc1. The maximum absolute atomic E-state index is 11.7. The van der Waals surface area contributed by atoms with E-state index in [1.807, 2.05) is 0 Å². The first kappa shape index (κ1) is 19.9.